The number of rotatable bonds is 4. The number of benzene rings is 1. The molecule has 0 radical (unpaired) electrons. The Bertz CT molecular complexity index is 425. The molecular formula is C9H13ClN2O2S. The quantitative estimate of drug-likeness (QED) is 0.790. The molecule has 0 fully saturated rings. The maximum Gasteiger partial charge on any atom is 0.149 e. The average Bonchev–Trinajstić information content (AvgIpc) is 2.08. The molecular weight excluding hydrogens is 236 g/mol. The van der Waals surface area contributed by atoms with Crippen molar-refractivity contribution in [2.24, 2.45) is 0 Å². The maximum atomic E-state index is 10.9. The van der Waals surface area contributed by atoms with E-state index in [4.69, 9.17) is 17.3 Å². The van der Waals surface area contributed by atoms with Gasteiger partial charge in [0.05, 0.1) is 22.2 Å². The van der Waals surface area contributed by atoms with Crippen LogP contribution < -0.4 is 11.1 Å². The molecule has 0 amide bonds. The van der Waals surface area contributed by atoms with E-state index in [-0.39, 0.29) is 5.75 Å². The van der Waals surface area contributed by atoms with E-state index < -0.39 is 9.84 Å². The number of halogens is 1. The van der Waals surface area contributed by atoms with E-state index >= 15 is 0 Å². The van der Waals surface area contributed by atoms with Crippen LogP contribution in [0.4, 0.5) is 11.4 Å². The Hall–Kier alpha value is -0.940. The van der Waals surface area contributed by atoms with Crippen LogP contribution in [-0.4, -0.2) is 27.0 Å². The highest BCUT2D eigenvalue weighted by Crippen LogP contribution is 2.27. The molecule has 3 N–H and O–H groups in total. The van der Waals surface area contributed by atoms with Gasteiger partial charge in [-0.05, 0) is 12.1 Å². The molecule has 0 aliphatic heterocycles. The van der Waals surface area contributed by atoms with Gasteiger partial charge in [-0.3, -0.25) is 0 Å². The molecule has 0 saturated carbocycles. The highest BCUT2D eigenvalue weighted by Gasteiger charge is 2.05. The summed E-state index contributed by atoms with van der Waals surface area (Å²) in [5.41, 5.74) is 6.77. The van der Waals surface area contributed by atoms with E-state index in [0.29, 0.717) is 22.9 Å². The zero-order valence-electron chi connectivity index (χ0n) is 8.33. The van der Waals surface area contributed by atoms with Crippen LogP contribution in [0, 0.1) is 0 Å². The molecule has 15 heavy (non-hydrogen) atoms. The van der Waals surface area contributed by atoms with Crippen LogP contribution in [0.25, 0.3) is 0 Å². The van der Waals surface area contributed by atoms with Gasteiger partial charge in [-0.2, -0.15) is 0 Å². The van der Waals surface area contributed by atoms with Crippen LogP contribution in [0.1, 0.15) is 0 Å². The van der Waals surface area contributed by atoms with Crippen LogP contribution in [0.5, 0.6) is 0 Å². The Morgan fingerprint density at radius 3 is 2.67 bits per heavy atom. The van der Waals surface area contributed by atoms with E-state index in [1.165, 1.54) is 6.26 Å². The zero-order valence-corrected chi connectivity index (χ0v) is 9.90. The van der Waals surface area contributed by atoms with Crippen molar-refractivity contribution in [3.05, 3.63) is 23.2 Å². The summed E-state index contributed by atoms with van der Waals surface area (Å²) < 4.78 is 21.8. The predicted molar refractivity (Wildman–Crippen MR) is 64.1 cm³/mol. The minimum absolute atomic E-state index is 0.0532. The fourth-order valence-electron chi connectivity index (χ4n) is 1.09. The lowest BCUT2D eigenvalue weighted by Crippen LogP contribution is -2.15. The van der Waals surface area contributed by atoms with Gasteiger partial charge in [0.15, 0.2) is 0 Å². The van der Waals surface area contributed by atoms with Gasteiger partial charge in [0.1, 0.15) is 9.84 Å². The van der Waals surface area contributed by atoms with Crippen molar-refractivity contribution in [1.82, 2.24) is 0 Å². The first-order chi connectivity index (χ1) is 6.90. The Morgan fingerprint density at radius 1 is 1.47 bits per heavy atom. The maximum absolute atomic E-state index is 10.9. The van der Waals surface area contributed by atoms with Gasteiger partial charge in [-0.1, -0.05) is 17.7 Å². The summed E-state index contributed by atoms with van der Waals surface area (Å²) in [7, 11) is -2.97. The third kappa shape index (κ3) is 3.97. The van der Waals surface area contributed by atoms with E-state index in [0.717, 1.165) is 0 Å². The van der Waals surface area contributed by atoms with Crippen molar-refractivity contribution in [3.8, 4) is 0 Å². The lowest BCUT2D eigenvalue weighted by atomic mass is 10.2. The van der Waals surface area contributed by atoms with Crippen LogP contribution in [0.3, 0.4) is 0 Å². The van der Waals surface area contributed by atoms with Crippen LogP contribution >= 0.6 is 11.6 Å². The normalized spacial score (nSPS) is 11.3. The molecule has 4 nitrogen and oxygen atoms in total. The summed E-state index contributed by atoms with van der Waals surface area (Å²) in [6, 6.07) is 5.13. The van der Waals surface area contributed by atoms with Crippen molar-refractivity contribution in [2.75, 3.05) is 29.6 Å². The number of sulfone groups is 1. The van der Waals surface area contributed by atoms with Gasteiger partial charge in [0.25, 0.3) is 0 Å². The summed E-state index contributed by atoms with van der Waals surface area (Å²) in [5, 5.41) is 3.39. The molecule has 6 heteroatoms. The lowest BCUT2D eigenvalue weighted by Gasteiger charge is -2.10. The number of hydrogen-bond donors (Lipinski definition) is 2. The van der Waals surface area contributed by atoms with Crippen molar-refractivity contribution in [3.63, 3.8) is 0 Å². The van der Waals surface area contributed by atoms with Crippen LogP contribution in [0.2, 0.25) is 5.02 Å². The molecule has 0 saturated heterocycles. The molecule has 0 spiro atoms. The fourth-order valence-corrected chi connectivity index (χ4v) is 1.81. The van der Waals surface area contributed by atoms with Crippen molar-refractivity contribution in [1.29, 1.82) is 0 Å². The smallest absolute Gasteiger partial charge is 0.149 e. The van der Waals surface area contributed by atoms with Crippen LogP contribution in [-0.2, 0) is 9.84 Å². The number of hydrogen-bond acceptors (Lipinski definition) is 4. The van der Waals surface area contributed by atoms with Crippen LogP contribution in [0.15, 0.2) is 18.2 Å². The van der Waals surface area contributed by atoms with E-state index in [1.54, 1.807) is 18.2 Å². The molecule has 0 aromatic heterocycles. The molecule has 84 valence electrons. The Balaban J connectivity index is 2.66. The van der Waals surface area contributed by atoms with E-state index in [9.17, 15) is 8.42 Å². The van der Waals surface area contributed by atoms with Gasteiger partial charge in [0, 0.05) is 12.8 Å². The Kier molecular flexibility index (Phi) is 3.82. The predicted octanol–water partition coefficient (Wildman–Crippen LogP) is 1.38. The van der Waals surface area contributed by atoms with E-state index in [1.807, 2.05) is 0 Å². The summed E-state index contributed by atoms with van der Waals surface area (Å²) in [5.74, 6) is 0.0532. The summed E-state index contributed by atoms with van der Waals surface area (Å²) >= 11 is 5.89. The second kappa shape index (κ2) is 4.72. The average molecular weight is 249 g/mol. The standard InChI is InChI=1S/C9H13ClN2O2S/c1-15(13,14)6-5-12-9-7(10)3-2-4-8(9)11/h2-4,12H,5-6,11H2,1H3. The molecule has 0 aliphatic carbocycles. The first-order valence-corrected chi connectivity index (χ1v) is 6.79. The molecule has 1 aromatic rings. The van der Waals surface area contributed by atoms with Crippen molar-refractivity contribution in [2.45, 2.75) is 0 Å². The minimum Gasteiger partial charge on any atom is -0.397 e. The Morgan fingerprint density at radius 2 is 2.13 bits per heavy atom. The SMILES string of the molecule is CS(=O)(=O)CCNc1c(N)cccc1Cl. The minimum atomic E-state index is -2.97. The first kappa shape index (κ1) is 12.1. The number of nitrogens with one attached hydrogen (secondary N) is 1. The lowest BCUT2D eigenvalue weighted by molar-refractivity contribution is 0.602. The van der Waals surface area contributed by atoms with Gasteiger partial charge < -0.3 is 11.1 Å². The van der Waals surface area contributed by atoms with Gasteiger partial charge in [-0.15, -0.1) is 0 Å². The topological polar surface area (TPSA) is 72.2 Å². The molecule has 1 aromatic carbocycles. The fraction of sp³-hybridized carbons (Fsp3) is 0.333. The van der Waals surface area contributed by atoms with Gasteiger partial charge in [0.2, 0.25) is 0 Å². The molecule has 1 rings (SSSR count). The van der Waals surface area contributed by atoms with Crippen molar-refractivity contribution < 1.29 is 8.42 Å². The Labute approximate surface area is 94.3 Å². The zero-order chi connectivity index (χ0) is 11.5. The molecule has 0 unspecified atom stereocenters. The highest BCUT2D eigenvalue weighted by molar-refractivity contribution is 7.90. The summed E-state index contributed by atoms with van der Waals surface area (Å²) in [6.07, 6.45) is 1.19. The number of nitrogen functional groups attached to an aromatic ring is 1. The largest absolute Gasteiger partial charge is 0.397 e. The number of anilines is 2. The van der Waals surface area contributed by atoms with Gasteiger partial charge in [-0.25, -0.2) is 8.42 Å². The summed E-state index contributed by atoms with van der Waals surface area (Å²) in [6.45, 7) is 0.298. The number of nitrogens with two attached hydrogens (primary N) is 1. The third-order valence-corrected chi connectivity index (χ3v) is 3.08. The third-order valence-electron chi connectivity index (χ3n) is 1.82. The summed E-state index contributed by atoms with van der Waals surface area (Å²) in [4.78, 5) is 0. The monoisotopic (exact) mass is 248 g/mol. The van der Waals surface area contributed by atoms with E-state index in [2.05, 4.69) is 5.32 Å². The molecule has 0 heterocycles. The molecule has 0 atom stereocenters. The van der Waals surface area contributed by atoms with Crippen molar-refractivity contribution >= 4 is 32.8 Å². The first-order valence-electron chi connectivity index (χ1n) is 4.36. The second-order valence-electron chi connectivity index (χ2n) is 3.26. The molecule has 0 bridgehead atoms. The number of para-hydroxylation sites is 1. The van der Waals surface area contributed by atoms with Gasteiger partial charge >= 0.3 is 0 Å². The highest BCUT2D eigenvalue weighted by atomic mass is 35.5. The molecule has 0 aliphatic rings. The second-order valence-corrected chi connectivity index (χ2v) is 5.93.